The molecule has 0 radical (unpaired) electrons. The van der Waals surface area contributed by atoms with Gasteiger partial charge in [-0.2, -0.15) is 0 Å². The summed E-state index contributed by atoms with van der Waals surface area (Å²) in [5.41, 5.74) is 1.25. The van der Waals surface area contributed by atoms with Crippen molar-refractivity contribution in [1.82, 2.24) is 4.98 Å². The molecule has 1 aromatic heterocycles. The SMILES string of the molecule is Cc1cccnc1NC1CCCC(C)C1. The minimum absolute atomic E-state index is 0.627. The Morgan fingerprint density at radius 2 is 2.27 bits per heavy atom. The van der Waals surface area contributed by atoms with Gasteiger partial charge in [-0.1, -0.05) is 25.8 Å². The first-order chi connectivity index (χ1) is 7.25. The van der Waals surface area contributed by atoms with Gasteiger partial charge in [0.2, 0.25) is 0 Å². The van der Waals surface area contributed by atoms with Gasteiger partial charge in [0.05, 0.1) is 0 Å². The van der Waals surface area contributed by atoms with Crippen LogP contribution >= 0.6 is 0 Å². The topological polar surface area (TPSA) is 24.9 Å². The highest BCUT2D eigenvalue weighted by molar-refractivity contribution is 5.43. The van der Waals surface area contributed by atoms with Crippen LogP contribution in [-0.4, -0.2) is 11.0 Å². The van der Waals surface area contributed by atoms with Gasteiger partial charge in [-0.3, -0.25) is 0 Å². The summed E-state index contributed by atoms with van der Waals surface area (Å²) in [6, 6.07) is 4.73. The second-order valence-corrected chi connectivity index (χ2v) is 4.78. The van der Waals surface area contributed by atoms with Gasteiger partial charge < -0.3 is 5.32 Å². The minimum atomic E-state index is 0.627. The Morgan fingerprint density at radius 3 is 3.00 bits per heavy atom. The lowest BCUT2D eigenvalue weighted by Crippen LogP contribution is -2.26. The summed E-state index contributed by atoms with van der Waals surface area (Å²) in [7, 11) is 0. The number of rotatable bonds is 2. The fraction of sp³-hybridized carbons (Fsp3) is 0.615. The first-order valence-electron chi connectivity index (χ1n) is 5.94. The molecule has 0 bridgehead atoms. The lowest BCUT2D eigenvalue weighted by Gasteiger charge is -2.28. The van der Waals surface area contributed by atoms with E-state index >= 15 is 0 Å². The van der Waals surface area contributed by atoms with E-state index < -0.39 is 0 Å². The van der Waals surface area contributed by atoms with Gasteiger partial charge in [0.15, 0.2) is 0 Å². The number of aryl methyl sites for hydroxylation is 1. The number of anilines is 1. The Balaban J connectivity index is 1.99. The average Bonchev–Trinajstić information content (AvgIpc) is 2.22. The highest BCUT2D eigenvalue weighted by Gasteiger charge is 2.19. The number of pyridine rings is 1. The molecule has 1 saturated carbocycles. The van der Waals surface area contributed by atoms with Gasteiger partial charge >= 0.3 is 0 Å². The number of hydrogen-bond donors (Lipinski definition) is 1. The van der Waals surface area contributed by atoms with Crippen LogP contribution in [0.25, 0.3) is 0 Å². The molecule has 82 valence electrons. The van der Waals surface area contributed by atoms with Crippen molar-refractivity contribution in [3.8, 4) is 0 Å². The fourth-order valence-electron chi connectivity index (χ4n) is 2.40. The molecule has 1 heterocycles. The zero-order chi connectivity index (χ0) is 10.7. The highest BCUT2D eigenvalue weighted by atomic mass is 15.0. The van der Waals surface area contributed by atoms with Crippen molar-refractivity contribution in [2.24, 2.45) is 5.92 Å². The Hall–Kier alpha value is -1.05. The molecule has 15 heavy (non-hydrogen) atoms. The molecule has 0 aliphatic heterocycles. The zero-order valence-corrected chi connectivity index (χ0v) is 9.66. The maximum absolute atomic E-state index is 4.39. The Morgan fingerprint density at radius 1 is 1.40 bits per heavy atom. The van der Waals surface area contributed by atoms with Crippen LogP contribution in [0.1, 0.15) is 38.2 Å². The first kappa shape index (κ1) is 10.5. The van der Waals surface area contributed by atoms with E-state index in [0.29, 0.717) is 6.04 Å². The summed E-state index contributed by atoms with van der Waals surface area (Å²) >= 11 is 0. The van der Waals surface area contributed by atoms with Crippen LogP contribution < -0.4 is 5.32 Å². The van der Waals surface area contributed by atoms with E-state index in [4.69, 9.17) is 0 Å². The molecule has 2 heteroatoms. The molecule has 0 spiro atoms. The van der Waals surface area contributed by atoms with Crippen LogP contribution in [0.5, 0.6) is 0 Å². The van der Waals surface area contributed by atoms with E-state index in [0.717, 1.165) is 11.7 Å². The van der Waals surface area contributed by atoms with Crippen LogP contribution in [0.4, 0.5) is 5.82 Å². The predicted molar refractivity (Wildman–Crippen MR) is 64.0 cm³/mol. The van der Waals surface area contributed by atoms with Gasteiger partial charge in [-0.05, 0) is 37.3 Å². The lowest BCUT2D eigenvalue weighted by molar-refractivity contribution is 0.358. The third kappa shape index (κ3) is 2.71. The summed E-state index contributed by atoms with van der Waals surface area (Å²) in [4.78, 5) is 4.39. The Bertz CT molecular complexity index is 322. The maximum Gasteiger partial charge on any atom is 0.129 e. The van der Waals surface area contributed by atoms with Gasteiger partial charge in [-0.15, -0.1) is 0 Å². The van der Waals surface area contributed by atoms with Crippen LogP contribution in [0, 0.1) is 12.8 Å². The van der Waals surface area contributed by atoms with E-state index in [-0.39, 0.29) is 0 Å². The summed E-state index contributed by atoms with van der Waals surface area (Å²) in [6.45, 7) is 4.46. The normalized spacial score (nSPS) is 26.3. The summed E-state index contributed by atoms with van der Waals surface area (Å²) in [5.74, 6) is 1.93. The standard InChI is InChI=1S/C13H20N2/c1-10-5-3-7-12(9-10)15-13-11(2)6-4-8-14-13/h4,6,8,10,12H,3,5,7,9H2,1-2H3,(H,14,15). The smallest absolute Gasteiger partial charge is 0.129 e. The predicted octanol–water partition coefficient (Wildman–Crippen LogP) is 3.38. The molecule has 1 N–H and O–H groups in total. The third-order valence-electron chi connectivity index (χ3n) is 3.29. The van der Waals surface area contributed by atoms with Crippen molar-refractivity contribution in [1.29, 1.82) is 0 Å². The molecule has 0 amide bonds. The Kier molecular flexibility index (Phi) is 3.24. The molecule has 2 rings (SSSR count). The quantitative estimate of drug-likeness (QED) is 0.798. The van der Waals surface area contributed by atoms with Crippen LogP contribution in [0.15, 0.2) is 18.3 Å². The fourth-order valence-corrected chi connectivity index (χ4v) is 2.40. The van der Waals surface area contributed by atoms with Crippen molar-refractivity contribution < 1.29 is 0 Å². The monoisotopic (exact) mass is 204 g/mol. The second kappa shape index (κ2) is 4.65. The van der Waals surface area contributed by atoms with Crippen molar-refractivity contribution in [2.75, 3.05) is 5.32 Å². The van der Waals surface area contributed by atoms with E-state index in [9.17, 15) is 0 Å². The Labute approximate surface area is 92.1 Å². The van der Waals surface area contributed by atoms with Crippen molar-refractivity contribution in [3.63, 3.8) is 0 Å². The molecular formula is C13H20N2. The largest absolute Gasteiger partial charge is 0.367 e. The molecule has 1 aliphatic rings. The third-order valence-corrected chi connectivity index (χ3v) is 3.29. The second-order valence-electron chi connectivity index (χ2n) is 4.78. The highest BCUT2D eigenvalue weighted by Crippen LogP contribution is 2.26. The molecule has 2 atom stereocenters. The number of nitrogens with zero attached hydrogens (tertiary/aromatic N) is 1. The van der Waals surface area contributed by atoms with E-state index in [1.165, 1.54) is 31.2 Å². The van der Waals surface area contributed by atoms with Crippen molar-refractivity contribution in [3.05, 3.63) is 23.9 Å². The number of nitrogens with one attached hydrogen (secondary N) is 1. The van der Waals surface area contributed by atoms with Gasteiger partial charge in [0, 0.05) is 12.2 Å². The molecule has 1 aliphatic carbocycles. The van der Waals surface area contributed by atoms with Gasteiger partial charge in [-0.25, -0.2) is 4.98 Å². The lowest BCUT2D eigenvalue weighted by atomic mass is 9.87. The van der Waals surface area contributed by atoms with Crippen LogP contribution in [-0.2, 0) is 0 Å². The van der Waals surface area contributed by atoms with E-state index in [1.807, 2.05) is 12.3 Å². The summed E-state index contributed by atoms with van der Waals surface area (Å²) < 4.78 is 0. The first-order valence-corrected chi connectivity index (χ1v) is 5.94. The maximum atomic E-state index is 4.39. The van der Waals surface area contributed by atoms with Gasteiger partial charge in [0.25, 0.3) is 0 Å². The van der Waals surface area contributed by atoms with Crippen molar-refractivity contribution in [2.45, 2.75) is 45.6 Å². The molecule has 2 nitrogen and oxygen atoms in total. The minimum Gasteiger partial charge on any atom is -0.367 e. The van der Waals surface area contributed by atoms with E-state index in [2.05, 4.69) is 30.2 Å². The van der Waals surface area contributed by atoms with Crippen molar-refractivity contribution >= 4 is 5.82 Å². The number of aromatic nitrogens is 1. The zero-order valence-electron chi connectivity index (χ0n) is 9.66. The van der Waals surface area contributed by atoms with Gasteiger partial charge in [0.1, 0.15) is 5.82 Å². The molecular weight excluding hydrogens is 184 g/mol. The average molecular weight is 204 g/mol. The molecule has 0 aromatic carbocycles. The molecule has 2 unspecified atom stereocenters. The number of hydrogen-bond acceptors (Lipinski definition) is 2. The van der Waals surface area contributed by atoms with Crippen LogP contribution in [0.3, 0.4) is 0 Å². The van der Waals surface area contributed by atoms with E-state index in [1.54, 1.807) is 0 Å². The molecule has 0 saturated heterocycles. The summed E-state index contributed by atoms with van der Waals surface area (Å²) in [5, 5.41) is 3.57. The summed E-state index contributed by atoms with van der Waals surface area (Å²) in [6.07, 6.45) is 7.18. The molecule has 1 fully saturated rings. The van der Waals surface area contributed by atoms with Crippen LogP contribution in [0.2, 0.25) is 0 Å². The molecule has 1 aromatic rings.